The Morgan fingerprint density at radius 2 is 1.74 bits per heavy atom. The second kappa shape index (κ2) is 7.61. The van der Waals surface area contributed by atoms with Crippen LogP contribution in [0, 0.1) is 11.3 Å². The van der Waals surface area contributed by atoms with Crippen molar-refractivity contribution in [1.82, 2.24) is 5.32 Å². The quantitative estimate of drug-likeness (QED) is 0.789. The number of anilines is 1. The zero-order valence-electron chi connectivity index (χ0n) is 12.2. The highest BCUT2D eigenvalue weighted by molar-refractivity contribution is 5.92. The highest BCUT2D eigenvalue weighted by atomic mass is 16.4. The lowest BCUT2D eigenvalue weighted by Gasteiger charge is -2.15. The summed E-state index contributed by atoms with van der Waals surface area (Å²) in [7, 11) is 0. The molecule has 6 heteroatoms. The summed E-state index contributed by atoms with van der Waals surface area (Å²) in [6, 6.07) is 15.7. The summed E-state index contributed by atoms with van der Waals surface area (Å²) in [6.07, 6.45) is 0.191. The maximum Gasteiger partial charge on any atom is 0.326 e. The van der Waals surface area contributed by atoms with Crippen LogP contribution in [0.25, 0.3) is 0 Å². The number of hydrogen-bond acceptors (Lipinski definition) is 3. The maximum atomic E-state index is 11.9. The fourth-order valence-corrected chi connectivity index (χ4v) is 2.00. The molecule has 0 spiro atoms. The Hall–Kier alpha value is -3.33. The number of carboxylic acid groups (broad SMARTS) is 1. The van der Waals surface area contributed by atoms with Crippen molar-refractivity contribution in [3.63, 3.8) is 0 Å². The third-order valence-electron chi connectivity index (χ3n) is 3.16. The van der Waals surface area contributed by atoms with Crippen LogP contribution >= 0.6 is 0 Å². The molecule has 2 amide bonds. The highest BCUT2D eigenvalue weighted by Gasteiger charge is 2.20. The van der Waals surface area contributed by atoms with Gasteiger partial charge in [0, 0.05) is 12.1 Å². The SMILES string of the molecule is N#Cc1ccc(NC(=O)NC(Cc2ccccc2)C(=O)O)cc1. The van der Waals surface area contributed by atoms with Gasteiger partial charge < -0.3 is 15.7 Å². The normalized spacial score (nSPS) is 11.1. The third-order valence-corrected chi connectivity index (χ3v) is 3.16. The molecule has 6 nitrogen and oxygen atoms in total. The van der Waals surface area contributed by atoms with Crippen LogP contribution in [0.4, 0.5) is 10.5 Å². The topological polar surface area (TPSA) is 102 Å². The van der Waals surface area contributed by atoms with Crippen LogP contribution in [0.5, 0.6) is 0 Å². The number of nitriles is 1. The van der Waals surface area contributed by atoms with Gasteiger partial charge in [-0.1, -0.05) is 30.3 Å². The van der Waals surface area contributed by atoms with Crippen molar-refractivity contribution in [2.24, 2.45) is 0 Å². The monoisotopic (exact) mass is 309 g/mol. The number of aliphatic carboxylic acids is 1. The first-order chi connectivity index (χ1) is 11.1. The molecule has 1 unspecified atom stereocenters. The van der Waals surface area contributed by atoms with E-state index in [-0.39, 0.29) is 6.42 Å². The molecule has 0 saturated carbocycles. The van der Waals surface area contributed by atoms with Gasteiger partial charge in [-0.25, -0.2) is 9.59 Å². The Labute approximate surface area is 133 Å². The first-order valence-electron chi connectivity index (χ1n) is 6.93. The van der Waals surface area contributed by atoms with Crippen molar-refractivity contribution in [3.8, 4) is 6.07 Å². The number of carboxylic acids is 1. The van der Waals surface area contributed by atoms with Crippen molar-refractivity contribution in [1.29, 1.82) is 5.26 Å². The molecule has 0 radical (unpaired) electrons. The molecule has 0 fully saturated rings. The summed E-state index contributed by atoms with van der Waals surface area (Å²) in [5, 5.41) is 22.9. The van der Waals surface area contributed by atoms with Gasteiger partial charge in [0.15, 0.2) is 0 Å². The fourth-order valence-electron chi connectivity index (χ4n) is 2.00. The van der Waals surface area contributed by atoms with Crippen LogP contribution in [0.3, 0.4) is 0 Å². The summed E-state index contributed by atoms with van der Waals surface area (Å²) >= 11 is 0. The zero-order valence-corrected chi connectivity index (χ0v) is 12.2. The number of nitrogens with zero attached hydrogens (tertiary/aromatic N) is 1. The van der Waals surface area contributed by atoms with Crippen LogP contribution in [0.1, 0.15) is 11.1 Å². The van der Waals surface area contributed by atoms with E-state index in [1.165, 1.54) is 0 Å². The molecule has 0 aliphatic carbocycles. The van der Waals surface area contributed by atoms with Crippen LogP contribution in [-0.2, 0) is 11.2 Å². The molecule has 0 aliphatic rings. The number of carbonyl (C=O) groups is 2. The molecule has 2 rings (SSSR count). The van der Waals surface area contributed by atoms with Crippen LogP contribution < -0.4 is 10.6 Å². The molecule has 2 aromatic carbocycles. The first kappa shape index (κ1) is 16.0. The number of nitrogens with one attached hydrogen (secondary N) is 2. The largest absolute Gasteiger partial charge is 0.480 e. The van der Waals surface area contributed by atoms with Crippen molar-refractivity contribution >= 4 is 17.7 Å². The van der Waals surface area contributed by atoms with E-state index >= 15 is 0 Å². The van der Waals surface area contributed by atoms with E-state index in [1.807, 2.05) is 24.3 Å². The third kappa shape index (κ3) is 4.86. The lowest BCUT2D eigenvalue weighted by atomic mass is 10.1. The molecule has 1 atom stereocenters. The predicted molar refractivity (Wildman–Crippen MR) is 84.9 cm³/mol. The zero-order chi connectivity index (χ0) is 16.7. The summed E-state index contributed by atoms with van der Waals surface area (Å²) in [4.78, 5) is 23.2. The van der Waals surface area contributed by atoms with E-state index in [0.29, 0.717) is 11.3 Å². The Morgan fingerprint density at radius 1 is 1.09 bits per heavy atom. The van der Waals surface area contributed by atoms with Crippen molar-refractivity contribution in [2.45, 2.75) is 12.5 Å². The van der Waals surface area contributed by atoms with Gasteiger partial charge >= 0.3 is 12.0 Å². The van der Waals surface area contributed by atoms with Gasteiger partial charge in [-0.3, -0.25) is 0 Å². The lowest BCUT2D eigenvalue weighted by Crippen LogP contribution is -2.44. The molecule has 116 valence electrons. The molecule has 0 heterocycles. The van der Waals surface area contributed by atoms with Crippen molar-refractivity contribution in [2.75, 3.05) is 5.32 Å². The van der Waals surface area contributed by atoms with Gasteiger partial charge in [-0.15, -0.1) is 0 Å². The molecule has 3 N–H and O–H groups in total. The van der Waals surface area contributed by atoms with Crippen LogP contribution in [0.2, 0.25) is 0 Å². The van der Waals surface area contributed by atoms with Crippen LogP contribution in [0.15, 0.2) is 54.6 Å². The minimum Gasteiger partial charge on any atom is -0.480 e. The minimum absolute atomic E-state index is 0.191. The first-order valence-corrected chi connectivity index (χ1v) is 6.93. The van der Waals surface area contributed by atoms with E-state index in [0.717, 1.165) is 5.56 Å². The smallest absolute Gasteiger partial charge is 0.326 e. The van der Waals surface area contributed by atoms with E-state index in [9.17, 15) is 14.7 Å². The minimum atomic E-state index is -1.11. The van der Waals surface area contributed by atoms with Crippen molar-refractivity contribution < 1.29 is 14.7 Å². The summed E-state index contributed by atoms with van der Waals surface area (Å²) in [5.41, 5.74) is 1.77. The van der Waals surface area contributed by atoms with Gasteiger partial charge in [0.2, 0.25) is 0 Å². The Balaban J connectivity index is 1.97. The number of carbonyl (C=O) groups excluding carboxylic acids is 1. The molecular weight excluding hydrogens is 294 g/mol. The number of hydrogen-bond donors (Lipinski definition) is 3. The Morgan fingerprint density at radius 3 is 2.30 bits per heavy atom. The number of urea groups is 1. The lowest BCUT2D eigenvalue weighted by molar-refractivity contribution is -0.139. The second-order valence-electron chi connectivity index (χ2n) is 4.87. The standard InChI is InChI=1S/C17H15N3O3/c18-11-13-6-8-14(9-7-13)19-17(23)20-15(16(21)22)10-12-4-2-1-3-5-12/h1-9,15H,10H2,(H,21,22)(H2,19,20,23). The average Bonchev–Trinajstić information content (AvgIpc) is 2.56. The predicted octanol–water partition coefficient (Wildman–Crippen LogP) is 2.38. The molecule has 0 bridgehead atoms. The van der Waals surface area contributed by atoms with Gasteiger partial charge in [0.05, 0.1) is 11.6 Å². The summed E-state index contributed by atoms with van der Waals surface area (Å²) in [5.74, 6) is -1.11. The van der Waals surface area contributed by atoms with E-state index in [2.05, 4.69) is 10.6 Å². The summed E-state index contributed by atoms with van der Waals surface area (Å²) < 4.78 is 0. The maximum absolute atomic E-state index is 11.9. The van der Waals surface area contributed by atoms with Crippen LogP contribution in [-0.4, -0.2) is 23.1 Å². The molecule has 0 aromatic heterocycles. The average molecular weight is 309 g/mol. The van der Waals surface area contributed by atoms with Crippen molar-refractivity contribution in [3.05, 3.63) is 65.7 Å². The van der Waals surface area contributed by atoms with E-state index < -0.39 is 18.0 Å². The number of benzene rings is 2. The fraction of sp³-hybridized carbons (Fsp3) is 0.118. The number of rotatable bonds is 5. The molecule has 0 aliphatic heterocycles. The second-order valence-corrected chi connectivity index (χ2v) is 4.87. The summed E-state index contributed by atoms with van der Waals surface area (Å²) in [6.45, 7) is 0. The number of amides is 2. The van der Waals surface area contributed by atoms with Gasteiger partial charge in [0.1, 0.15) is 6.04 Å². The Bertz CT molecular complexity index is 721. The molecule has 0 saturated heterocycles. The van der Waals surface area contributed by atoms with E-state index in [4.69, 9.17) is 5.26 Å². The molecule has 23 heavy (non-hydrogen) atoms. The highest BCUT2D eigenvalue weighted by Crippen LogP contribution is 2.09. The molecular formula is C17H15N3O3. The van der Waals surface area contributed by atoms with Gasteiger partial charge in [0.25, 0.3) is 0 Å². The molecule has 2 aromatic rings. The van der Waals surface area contributed by atoms with Gasteiger partial charge in [-0.2, -0.15) is 5.26 Å². The Kier molecular flexibility index (Phi) is 5.31. The van der Waals surface area contributed by atoms with E-state index in [1.54, 1.807) is 36.4 Å². The van der Waals surface area contributed by atoms with Gasteiger partial charge in [-0.05, 0) is 29.8 Å².